The van der Waals surface area contributed by atoms with Gasteiger partial charge >= 0.3 is 12.2 Å². The Bertz CT molecular complexity index is 1520. The number of amides is 2. The summed E-state index contributed by atoms with van der Waals surface area (Å²) in [4.78, 5) is 31.3. The van der Waals surface area contributed by atoms with Gasteiger partial charge in [0.1, 0.15) is 5.82 Å². The highest BCUT2D eigenvalue weighted by atomic mass is 32.1. The second kappa shape index (κ2) is 12.1. The number of aromatic nitrogens is 5. The first-order valence-corrected chi connectivity index (χ1v) is 10.9. The number of thiazole rings is 1. The number of rotatable bonds is 2. The second-order valence-electron chi connectivity index (χ2n) is 6.86. The zero-order valence-corrected chi connectivity index (χ0v) is 19.7. The minimum atomic E-state index is -4.67. The molecule has 3 heterocycles. The zero-order chi connectivity index (χ0) is 27.7. The second-order valence-corrected chi connectivity index (χ2v) is 7.89. The van der Waals surface area contributed by atoms with Gasteiger partial charge in [-0.1, -0.05) is 23.2 Å². The number of halogens is 4. The van der Waals surface area contributed by atoms with Crippen LogP contribution in [-0.4, -0.2) is 31.0 Å². The summed E-state index contributed by atoms with van der Waals surface area (Å²) in [5.74, 6) is 7.29. The number of urea groups is 1. The molecule has 0 radical (unpaired) electrons. The molecule has 3 aromatic heterocycles. The summed E-state index contributed by atoms with van der Waals surface area (Å²) in [6.45, 7) is 0. The largest absolute Gasteiger partial charge is 0.416 e. The summed E-state index contributed by atoms with van der Waals surface area (Å²) in [6, 6.07) is 0.749. The van der Waals surface area contributed by atoms with E-state index in [-0.39, 0.29) is 17.0 Å². The lowest BCUT2D eigenvalue weighted by Crippen LogP contribution is -2.20. The van der Waals surface area contributed by atoms with Crippen molar-refractivity contribution in [3.63, 3.8) is 0 Å². The van der Waals surface area contributed by atoms with Gasteiger partial charge < -0.3 is 16.8 Å². The topological polar surface area (TPSA) is 158 Å². The Morgan fingerprint density at radius 2 is 1.50 bits per heavy atom. The third-order valence-corrected chi connectivity index (χ3v) is 4.94. The minimum Gasteiger partial charge on any atom is -0.368 e. The van der Waals surface area contributed by atoms with Gasteiger partial charge in [0.2, 0.25) is 11.9 Å². The van der Waals surface area contributed by atoms with E-state index < -0.39 is 29.3 Å². The van der Waals surface area contributed by atoms with Crippen molar-refractivity contribution < 1.29 is 22.4 Å². The molecule has 1 aromatic carbocycles. The number of nitrogens with two attached hydrogens (primary N) is 2. The van der Waals surface area contributed by atoms with Crippen molar-refractivity contribution >= 4 is 40.1 Å². The van der Waals surface area contributed by atoms with Crippen molar-refractivity contribution in [1.82, 2.24) is 24.9 Å². The number of terminal acetylenes is 1. The lowest BCUT2D eigenvalue weighted by atomic mass is 10.2. The summed E-state index contributed by atoms with van der Waals surface area (Å²) in [7, 11) is 0. The van der Waals surface area contributed by atoms with E-state index in [0.717, 1.165) is 11.3 Å². The first kappa shape index (κ1) is 27.3. The number of carbonyl (C=O) groups excluding carboxylic acids is 1. The maximum Gasteiger partial charge on any atom is 0.416 e. The molecule has 4 rings (SSSR count). The van der Waals surface area contributed by atoms with Gasteiger partial charge in [0.25, 0.3) is 0 Å². The fraction of sp³-hybridized carbons (Fsp3) is 0.0435. The predicted octanol–water partition coefficient (Wildman–Crippen LogP) is 3.76. The monoisotopic (exact) mass is 541 g/mol. The Hall–Kier alpha value is -5.28. The van der Waals surface area contributed by atoms with Crippen LogP contribution in [0.1, 0.15) is 21.6 Å². The van der Waals surface area contributed by atoms with Crippen LogP contribution in [0.25, 0.3) is 0 Å². The molecular weight excluding hydrogens is 526 g/mol. The Labute approximate surface area is 216 Å². The van der Waals surface area contributed by atoms with Gasteiger partial charge in [-0.15, -0.1) is 6.42 Å². The summed E-state index contributed by atoms with van der Waals surface area (Å²) >= 11 is 1.01. The number of nitrogen functional groups attached to an aromatic ring is 2. The first-order chi connectivity index (χ1) is 18.0. The molecule has 0 unspecified atom stereocenters. The number of benzene rings is 1. The van der Waals surface area contributed by atoms with E-state index >= 15 is 0 Å². The molecule has 15 heteroatoms. The standard InChI is InChI=1S/C17H10F4N6OS.C6H5N3/c18-12-4-2-10(17(19,20)21)5-13(12)26-15(28)27-16-25-8-11(29-16)3-1-9-6-23-14(22)24-7-9;1-2-5-3-8-6(7)9-4-5/h2,4-8H,(H2,22,23,24)(H2,25,26,27,28);1,3-4H,(H2,7,8,9). The SMILES string of the molecule is C#Cc1cnc(N)nc1.Nc1ncc(C#Cc2cnc(NC(=O)Nc3cc(C(F)(F)F)ccc3F)s2)cn1. The van der Waals surface area contributed by atoms with Gasteiger partial charge in [-0.25, -0.2) is 34.1 Å². The molecule has 0 saturated heterocycles. The Balaban J connectivity index is 0.000000375. The van der Waals surface area contributed by atoms with Gasteiger partial charge in [-0.2, -0.15) is 13.2 Å². The third kappa shape index (κ3) is 8.14. The van der Waals surface area contributed by atoms with E-state index in [4.69, 9.17) is 17.9 Å². The molecule has 2 amide bonds. The average molecular weight is 541 g/mol. The van der Waals surface area contributed by atoms with Crippen LogP contribution in [0.4, 0.5) is 45.1 Å². The van der Waals surface area contributed by atoms with Gasteiger partial charge in [0.05, 0.1) is 33.5 Å². The molecule has 0 aliphatic rings. The van der Waals surface area contributed by atoms with Crippen molar-refractivity contribution in [3.8, 4) is 24.2 Å². The van der Waals surface area contributed by atoms with Gasteiger partial charge in [0, 0.05) is 24.8 Å². The molecule has 4 aromatic rings. The van der Waals surface area contributed by atoms with Crippen LogP contribution in [0.3, 0.4) is 0 Å². The fourth-order valence-electron chi connectivity index (χ4n) is 2.39. The number of nitrogens with one attached hydrogen (secondary N) is 2. The van der Waals surface area contributed by atoms with Crippen LogP contribution in [0.15, 0.2) is 49.2 Å². The summed E-state index contributed by atoms with van der Waals surface area (Å²) in [5.41, 5.74) is 10.0. The van der Waals surface area contributed by atoms with E-state index in [9.17, 15) is 22.4 Å². The van der Waals surface area contributed by atoms with Gasteiger partial charge in [-0.05, 0) is 24.1 Å². The lowest BCUT2D eigenvalue weighted by Gasteiger charge is -2.11. The number of hydrogen-bond acceptors (Lipinski definition) is 9. The van der Waals surface area contributed by atoms with Crippen LogP contribution in [-0.2, 0) is 6.18 Å². The summed E-state index contributed by atoms with van der Waals surface area (Å²) in [6.07, 6.45) is 7.63. The van der Waals surface area contributed by atoms with E-state index in [1.807, 2.05) is 5.32 Å². The lowest BCUT2D eigenvalue weighted by molar-refractivity contribution is -0.137. The molecular formula is C23H15F4N9OS. The molecule has 0 spiro atoms. The number of carbonyl (C=O) groups is 1. The summed E-state index contributed by atoms with van der Waals surface area (Å²) in [5, 5.41) is 4.44. The Morgan fingerprint density at radius 1 is 0.895 bits per heavy atom. The molecule has 192 valence electrons. The summed E-state index contributed by atoms with van der Waals surface area (Å²) < 4.78 is 51.8. The predicted molar refractivity (Wildman–Crippen MR) is 133 cm³/mol. The number of anilines is 4. The van der Waals surface area contributed by atoms with Crippen LogP contribution in [0.2, 0.25) is 0 Å². The molecule has 38 heavy (non-hydrogen) atoms. The molecule has 10 nitrogen and oxygen atoms in total. The molecule has 6 N–H and O–H groups in total. The van der Waals surface area contributed by atoms with Crippen molar-refractivity contribution in [3.05, 3.63) is 76.6 Å². The average Bonchev–Trinajstić information content (AvgIpc) is 3.32. The van der Waals surface area contributed by atoms with Crippen LogP contribution >= 0.6 is 11.3 Å². The highest BCUT2D eigenvalue weighted by molar-refractivity contribution is 7.16. The van der Waals surface area contributed by atoms with E-state index in [1.54, 1.807) is 0 Å². The molecule has 0 aliphatic heterocycles. The van der Waals surface area contributed by atoms with E-state index in [0.29, 0.717) is 34.2 Å². The van der Waals surface area contributed by atoms with Gasteiger partial charge in [-0.3, -0.25) is 5.32 Å². The quantitative estimate of drug-likeness (QED) is 0.221. The van der Waals surface area contributed by atoms with Crippen molar-refractivity contribution in [2.45, 2.75) is 6.18 Å². The maximum absolute atomic E-state index is 13.7. The maximum atomic E-state index is 13.7. The fourth-order valence-corrected chi connectivity index (χ4v) is 3.05. The highest BCUT2D eigenvalue weighted by Crippen LogP contribution is 2.31. The normalized spacial score (nSPS) is 10.2. The van der Waals surface area contributed by atoms with E-state index in [1.165, 1.54) is 31.0 Å². The Kier molecular flexibility index (Phi) is 8.70. The van der Waals surface area contributed by atoms with Crippen LogP contribution in [0.5, 0.6) is 0 Å². The van der Waals surface area contributed by atoms with E-state index in [2.05, 4.69) is 48.0 Å². The minimum absolute atomic E-state index is 0.114. The van der Waals surface area contributed by atoms with Gasteiger partial charge in [0.15, 0.2) is 5.13 Å². The van der Waals surface area contributed by atoms with Crippen LogP contribution < -0.4 is 22.1 Å². The highest BCUT2D eigenvalue weighted by Gasteiger charge is 2.31. The smallest absolute Gasteiger partial charge is 0.368 e. The van der Waals surface area contributed by atoms with Crippen LogP contribution in [0, 0.1) is 30.0 Å². The first-order valence-electron chi connectivity index (χ1n) is 10.1. The third-order valence-electron chi connectivity index (χ3n) is 4.11. The molecule has 0 saturated carbocycles. The zero-order valence-electron chi connectivity index (χ0n) is 18.9. The van der Waals surface area contributed by atoms with Crippen molar-refractivity contribution in [2.75, 3.05) is 22.1 Å². The van der Waals surface area contributed by atoms with Crippen molar-refractivity contribution in [1.29, 1.82) is 0 Å². The molecule has 0 aliphatic carbocycles. The number of nitrogens with zero attached hydrogens (tertiary/aromatic N) is 5. The molecule has 0 bridgehead atoms. The van der Waals surface area contributed by atoms with Crippen molar-refractivity contribution in [2.24, 2.45) is 0 Å². The molecule has 0 fully saturated rings. The Morgan fingerprint density at radius 3 is 2.08 bits per heavy atom. The number of alkyl halides is 3. The molecule has 0 atom stereocenters. The number of hydrogen-bond donors (Lipinski definition) is 4.